The summed E-state index contributed by atoms with van der Waals surface area (Å²) in [6.45, 7) is 3.14. The van der Waals surface area contributed by atoms with Gasteiger partial charge in [-0.2, -0.15) is 5.10 Å². The average molecular weight is 425 g/mol. The van der Waals surface area contributed by atoms with Gasteiger partial charge in [-0.15, -0.1) is 11.3 Å². The first-order valence-corrected chi connectivity index (χ1v) is 11.2. The Bertz CT molecular complexity index is 1180. The number of aromatic nitrogens is 5. The molecule has 9 heteroatoms. The van der Waals surface area contributed by atoms with Crippen molar-refractivity contribution in [1.29, 1.82) is 0 Å². The molecule has 4 aromatic rings. The standard InChI is InChI=1S/C21H24N6O2S/c1-13(28)21-25-17-11-22-16-6-8-30-20(16)19(17)27(21)15-3-2-7-26(12-15)18(29)5-4-14-9-23-24-10-14/h6,8-11,13,15,28H,2-5,7,12H2,1H3,(H,23,24)/t13-,15+/m1/s1. The molecule has 5 rings (SSSR count). The van der Waals surface area contributed by atoms with Gasteiger partial charge in [0.1, 0.15) is 17.4 Å². The quantitative estimate of drug-likeness (QED) is 0.512. The Balaban J connectivity index is 1.46. The number of hydrogen-bond acceptors (Lipinski definition) is 6. The van der Waals surface area contributed by atoms with Crippen LogP contribution >= 0.6 is 11.3 Å². The van der Waals surface area contributed by atoms with Crippen molar-refractivity contribution in [1.82, 2.24) is 29.6 Å². The van der Waals surface area contributed by atoms with Crippen molar-refractivity contribution in [2.45, 2.75) is 44.8 Å². The molecule has 0 aliphatic carbocycles. The van der Waals surface area contributed by atoms with Crippen LogP contribution in [0.2, 0.25) is 0 Å². The van der Waals surface area contributed by atoms with E-state index in [1.54, 1.807) is 30.7 Å². The lowest BCUT2D eigenvalue weighted by Crippen LogP contribution is -2.41. The average Bonchev–Trinajstić information content (AvgIpc) is 3.50. The van der Waals surface area contributed by atoms with Crippen molar-refractivity contribution in [2.75, 3.05) is 13.1 Å². The number of amides is 1. The molecule has 1 amide bonds. The molecule has 1 aliphatic rings. The van der Waals surface area contributed by atoms with Crippen LogP contribution in [0.15, 0.2) is 30.0 Å². The summed E-state index contributed by atoms with van der Waals surface area (Å²) in [7, 11) is 0. The van der Waals surface area contributed by atoms with Gasteiger partial charge in [-0.25, -0.2) is 4.98 Å². The highest BCUT2D eigenvalue weighted by atomic mass is 32.1. The summed E-state index contributed by atoms with van der Waals surface area (Å²) < 4.78 is 3.24. The van der Waals surface area contributed by atoms with Gasteiger partial charge >= 0.3 is 0 Å². The topological polar surface area (TPSA) is 99.9 Å². The number of carbonyl (C=O) groups is 1. The van der Waals surface area contributed by atoms with Gasteiger partial charge in [-0.05, 0) is 43.2 Å². The molecule has 0 radical (unpaired) electrons. The monoisotopic (exact) mass is 424 g/mol. The number of nitrogens with zero attached hydrogens (tertiary/aromatic N) is 5. The first kappa shape index (κ1) is 19.2. The van der Waals surface area contributed by atoms with Gasteiger partial charge in [0.05, 0.1) is 34.2 Å². The molecule has 5 heterocycles. The highest BCUT2D eigenvalue weighted by molar-refractivity contribution is 7.18. The Kier molecular flexibility index (Phi) is 5.00. The summed E-state index contributed by atoms with van der Waals surface area (Å²) >= 11 is 1.64. The molecule has 30 heavy (non-hydrogen) atoms. The highest BCUT2D eigenvalue weighted by Gasteiger charge is 2.29. The molecule has 1 aliphatic heterocycles. The van der Waals surface area contributed by atoms with Gasteiger partial charge in [0, 0.05) is 25.7 Å². The fourth-order valence-corrected chi connectivity index (χ4v) is 5.27. The number of fused-ring (bicyclic) bond motifs is 3. The van der Waals surface area contributed by atoms with Crippen molar-refractivity contribution in [3.63, 3.8) is 0 Å². The molecule has 4 aromatic heterocycles. The van der Waals surface area contributed by atoms with E-state index >= 15 is 0 Å². The van der Waals surface area contributed by atoms with Crippen LogP contribution in [0.5, 0.6) is 0 Å². The Hall–Kier alpha value is -2.78. The lowest BCUT2D eigenvalue weighted by molar-refractivity contribution is -0.132. The van der Waals surface area contributed by atoms with Gasteiger partial charge in [-0.1, -0.05) is 0 Å². The first-order chi connectivity index (χ1) is 14.6. The second-order valence-electron chi connectivity index (χ2n) is 7.89. The van der Waals surface area contributed by atoms with Crippen LogP contribution in [0.1, 0.15) is 49.7 Å². The normalized spacial score (nSPS) is 18.3. The molecule has 2 atom stereocenters. The summed E-state index contributed by atoms with van der Waals surface area (Å²) in [4.78, 5) is 24.0. The van der Waals surface area contributed by atoms with Gasteiger partial charge in [0.25, 0.3) is 0 Å². The van der Waals surface area contributed by atoms with Crippen LogP contribution in [0.3, 0.4) is 0 Å². The van der Waals surface area contributed by atoms with Crippen LogP contribution < -0.4 is 0 Å². The van der Waals surface area contributed by atoms with E-state index < -0.39 is 6.10 Å². The Morgan fingerprint density at radius 2 is 2.30 bits per heavy atom. The number of H-pyrrole nitrogens is 1. The minimum absolute atomic E-state index is 0.0823. The fourth-order valence-electron chi connectivity index (χ4n) is 4.38. The summed E-state index contributed by atoms with van der Waals surface area (Å²) in [5.41, 5.74) is 3.80. The van der Waals surface area contributed by atoms with Gasteiger partial charge in [-0.3, -0.25) is 14.9 Å². The molecule has 0 unspecified atom stereocenters. The largest absolute Gasteiger partial charge is 0.385 e. The van der Waals surface area contributed by atoms with E-state index in [9.17, 15) is 9.90 Å². The van der Waals surface area contributed by atoms with Crippen molar-refractivity contribution >= 4 is 38.5 Å². The van der Waals surface area contributed by atoms with E-state index in [4.69, 9.17) is 4.98 Å². The molecule has 156 valence electrons. The predicted octanol–water partition coefficient (Wildman–Crippen LogP) is 3.22. The molecule has 0 bridgehead atoms. The zero-order valence-electron chi connectivity index (χ0n) is 16.8. The second kappa shape index (κ2) is 7.81. The Labute approximate surface area is 177 Å². The number of aryl methyl sites for hydroxylation is 1. The zero-order valence-corrected chi connectivity index (χ0v) is 17.6. The van der Waals surface area contributed by atoms with Gasteiger partial charge < -0.3 is 14.6 Å². The lowest BCUT2D eigenvalue weighted by atomic mass is 10.0. The van der Waals surface area contributed by atoms with Gasteiger partial charge in [0.2, 0.25) is 5.91 Å². The number of aliphatic hydroxyl groups excluding tert-OH is 1. The van der Waals surface area contributed by atoms with Crippen LogP contribution in [0.4, 0.5) is 0 Å². The molecule has 0 spiro atoms. The third-order valence-corrected chi connectivity index (χ3v) is 6.73. The van der Waals surface area contributed by atoms with E-state index in [2.05, 4.69) is 19.7 Å². The zero-order chi connectivity index (χ0) is 20.7. The number of nitrogens with one attached hydrogen (secondary N) is 1. The minimum atomic E-state index is -0.695. The molecule has 1 fully saturated rings. The number of piperidine rings is 1. The van der Waals surface area contributed by atoms with Crippen molar-refractivity contribution < 1.29 is 9.90 Å². The maximum Gasteiger partial charge on any atom is 0.222 e. The first-order valence-electron chi connectivity index (χ1n) is 10.3. The number of hydrogen-bond donors (Lipinski definition) is 2. The molecule has 2 N–H and O–H groups in total. The Morgan fingerprint density at radius 3 is 3.10 bits per heavy atom. The van der Waals surface area contributed by atoms with Gasteiger partial charge in [0.15, 0.2) is 0 Å². The maximum absolute atomic E-state index is 12.9. The van der Waals surface area contributed by atoms with E-state index in [1.807, 2.05) is 22.5 Å². The van der Waals surface area contributed by atoms with Crippen LogP contribution in [0, 0.1) is 0 Å². The predicted molar refractivity (Wildman–Crippen MR) is 115 cm³/mol. The number of pyridine rings is 1. The van der Waals surface area contributed by atoms with Crippen LogP contribution in [-0.2, 0) is 11.2 Å². The number of likely N-dealkylation sites (tertiary alicyclic amines) is 1. The molecule has 0 saturated carbocycles. The minimum Gasteiger partial charge on any atom is -0.385 e. The second-order valence-corrected chi connectivity index (χ2v) is 8.80. The van der Waals surface area contributed by atoms with E-state index in [1.165, 1.54) is 0 Å². The number of imidazole rings is 1. The molecular formula is C21H24N6O2S. The maximum atomic E-state index is 12.9. The molecule has 0 aromatic carbocycles. The lowest BCUT2D eigenvalue weighted by Gasteiger charge is -2.35. The number of rotatable bonds is 5. The molecule has 1 saturated heterocycles. The third-order valence-electron chi connectivity index (χ3n) is 5.82. The summed E-state index contributed by atoms with van der Waals surface area (Å²) in [6, 6.07) is 2.09. The smallest absolute Gasteiger partial charge is 0.222 e. The third kappa shape index (κ3) is 3.37. The summed E-state index contributed by atoms with van der Waals surface area (Å²) in [5.74, 6) is 0.803. The Morgan fingerprint density at radius 1 is 1.40 bits per heavy atom. The van der Waals surface area contributed by atoms with Crippen molar-refractivity contribution in [2.24, 2.45) is 0 Å². The fraction of sp³-hybridized carbons (Fsp3) is 0.429. The van der Waals surface area contributed by atoms with E-state index in [0.717, 1.165) is 46.2 Å². The molecule has 8 nitrogen and oxygen atoms in total. The number of aliphatic hydroxyl groups is 1. The van der Waals surface area contributed by atoms with E-state index in [0.29, 0.717) is 25.2 Å². The van der Waals surface area contributed by atoms with Crippen LogP contribution in [-0.4, -0.2) is 53.7 Å². The molecular weight excluding hydrogens is 400 g/mol. The number of thiophene rings is 1. The summed E-state index contributed by atoms with van der Waals surface area (Å²) in [6.07, 6.45) is 7.72. The number of carbonyl (C=O) groups excluding carboxylic acids is 1. The van der Waals surface area contributed by atoms with Crippen molar-refractivity contribution in [3.05, 3.63) is 41.4 Å². The van der Waals surface area contributed by atoms with Crippen molar-refractivity contribution in [3.8, 4) is 0 Å². The number of aromatic amines is 1. The van der Waals surface area contributed by atoms with E-state index in [-0.39, 0.29) is 11.9 Å². The SMILES string of the molecule is C[C@@H](O)c1nc2cnc3ccsc3c2n1[C@H]1CCCN(C(=O)CCc2cn[nH]c2)C1. The highest BCUT2D eigenvalue weighted by Crippen LogP contribution is 2.35. The summed E-state index contributed by atoms with van der Waals surface area (Å²) in [5, 5.41) is 19.2. The van der Waals surface area contributed by atoms with Crippen LogP contribution in [0.25, 0.3) is 21.3 Å².